The van der Waals surface area contributed by atoms with Gasteiger partial charge in [0.2, 0.25) is 5.91 Å². The van der Waals surface area contributed by atoms with Crippen molar-refractivity contribution in [3.63, 3.8) is 0 Å². The molecule has 4 heteroatoms. The summed E-state index contributed by atoms with van der Waals surface area (Å²) in [4.78, 5) is 14.8. The minimum absolute atomic E-state index is 0.0922. The Labute approximate surface area is 143 Å². The molecule has 1 aliphatic rings. The molecule has 1 saturated heterocycles. The third-order valence-corrected chi connectivity index (χ3v) is 4.59. The monoisotopic (exact) mass is 323 g/mol. The standard InChI is InChI=1S/C20H25N3O/c1-15-7-9-17(10-8-15)19(21)20(24)22-18-11-12-23(14-18)13-16-5-3-2-4-6-16/h2-10,18-19H,11-14,21H2,1H3,(H,22,24). The van der Waals surface area contributed by atoms with Crippen LogP contribution in [0.1, 0.15) is 29.2 Å². The van der Waals surface area contributed by atoms with Crippen LogP contribution in [0.3, 0.4) is 0 Å². The Hall–Kier alpha value is -2.17. The van der Waals surface area contributed by atoms with Crippen LogP contribution in [-0.4, -0.2) is 29.9 Å². The molecular weight excluding hydrogens is 298 g/mol. The second-order valence-corrected chi connectivity index (χ2v) is 6.60. The number of hydrogen-bond acceptors (Lipinski definition) is 3. The molecule has 1 fully saturated rings. The lowest BCUT2D eigenvalue weighted by Gasteiger charge is -2.19. The van der Waals surface area contributed by atoms with Gasteiger partial charge in [0, 0.05) is 25.7 Å². The largest absolute Gasteiger partial charge is 0.350 e. The quantitative estimate of drug-likeness (QED) is 0.888. The third-order valence-electron chi connectivity index (χ3n) is 4.59. The Morgan fingerprint density at radius 2 is 1.92 bits per heavy atom. The minimum Gasteiger partial charge on any atom is -0.350 e. The Kier molecular flexibility index (Phi) is 5.28. The normalized spacial score (nSPS) is 19.2. The second-order valence-electron chi connectivity index (χ2n) is 6.60. The van der Waals surface area contributed by atoms with Gasteiger partial charge in [0.05, 0.1) is 0 Å². The van der Waals surface area contributed by atoms with E-state index < -0.39 is 6.04 Å². The van der Waals surface area contributed by atoms with Crippen molar-refractivity contribution in [2.24, 2.45) is 5.73 Å². The van der Waals surface area contributed by atoms with Gasteiger partial charge in [-0.2, -0.15) is 0 Å². The second kappa shape index (κ2) is 7.60. The molecule has 0 aromatic heterocycles. The van der Waals surface area contributed by atoms with Gasteiger partial charge in [0.15, 0.2) is 0 Å². The summed E-state index contributed by atoms with van der Waals surface area (Å²) in [6.07, 6.45) is 0.971. The molecule has 2 atom stereocenters. The van der Waals surface area contributed by atoms with Gasteiger partial charge in [0.25, 0.3) is 0 Å². The third kappa shape index (κ3) is 4.22. The van der Waals surface area contributed by atoms with Crippen LogP contribution in [0.15, 0.2) is 54.6 Å². The number of rotatable bonds is 5. The summed E-state index contributed by atoms with van der Waals surface area (Å²) in [5.41, 5.74) is 9.43. The van der Waals surface area contributed by atoms with Crippen LogP contribution < -0.4 is 11.1 Å². The van der Waals surface area contributed by atoms with E-state index in [1.54, 1.807) is 0 Å². The summed E-state index contributed by atoms with van der Waals surface area (Å²) < 4.78 is 0. The molecular formula is C20H25N3O. The Bertz CT molecular complexity index is 669. The van der Waals surface area contributed by atoms with Gasteiger partial charge in [0.1, 0.15) is 6.04 Å². The molecule has 1 amide bonds. The van der Waals surface area contributed by atoms with E-state index in [0.717, 1.165) is 31.6 Å². The highest BCUT2D eigenvalue weighted by molar-refractivity contribution is 5.83. The summed E-state index contributed by atoms with van der Waals surface area (Å²) in [5, 5.41) is 3.10. The summed E-state index contributed by atoms with van der Waals surface area (Å²) in [6.45, 7) is 4.83. The van der Waals surface area contributed by atoms with E-state index >= 15 is 0 Å². The molecule has 2 unspecified atom stereocenters. The number of benzene rings is 2. The molecule has 4 nitrogen and oxygen atoms in total. The molecule has 2 aromatic carbocycles. The average molecular weight is 323 g/mol. The number of carbonyl (C=O) groups excluding carboxylic acids is 1. The number of likely N-dealkylation sites (tertiary alicyclic amines) is 1. The van der Waals surface area contributed by atoms with Crippen LogP contribution in [0.2, 0.25) is 0 Å². The first-order chi connectivity index (χ1) is 11.6. The van der Waals surface area contributed by atoms with Crippen molar-refractivity contribution < 1.29 is 4.79 Å². The molecule has 126 valence electrons. The first kappa shape index (κ1) is 16.7. The fourth-order valence-electron chi connectivity index (χ4n) is 3.15. The van der Waals surface area contributed by atoms with E-state index in [1.807, 2.05) is 37.3 Å². The van der Waals surface area contributed by atoms with Gasteiger partial charge in [-0.25, -0.2) is 0 Å². The number of amides is 1. The van der Waals surface area contributed by atoms with Gasteiger partial charge in [-0.05, 0) is 24.5 Å². The predicted octanol–water partition coefficient (Wildman–Crippen LogP) is 2.39. The van der Waals surface area contributed by atoms with Crippen LogP contribution in [0.4, 0.5) is 0 Å². The summed E-state index contributed by atoms with van der Waals surface area (Å²) in [7, 11) is 0. The van der Waals surface area contributed by atoms with Crippen molar-refractivity contribution >= 4 is 5.91 Å². The van der Waals surface area contributed by atoms with E-state index in [4.69, 9.17) is 5.73 Å². The van der Waals surface area contributed by atoms with Crippen molar-refractivity contribution in [3.05, 3.63) is 71.3 Å². The number of aryl methyl sites for hydroxylation is 1. The van der Waals surface area contributed by atoms with Gasteiger partial charge < -0.3 is 11.1 Å². The van der Waals surface area contributed by atoms with E-state index in [9.17, 15) is 4.79 Å². The maximum Gasteiger partial charge on any atom is 0.241 e. The Morgan fingerprint density at radius 3 is 2.62 bits per heavy atom. The topological polar surface area (TPSA) is 58.4 Å². The maximum atomic E-state index is 12.4. The molecule has 0 spiro atoms. The van der Waals surface area contributed by atoms with Crippen molar-refractivity contribution in [2.45, 2.75) is 32.0 Å². The number of nitrogens with one attached hydrogen (secondary N) is 1. The maximum absolute atomic E-state index is 12.4. The average Bonchev–Trinajstić information content (AvgIpc) is 3.02. The molecule has 2 aromatic rings. The highest BCUT2D eigenvalue weighted by Crippen LogP contribution is 2.16. The predicted molar refractivity (Wildman–Crippen MR) is 96.4 cm³/mol. The minimum atomic E-state index is -0.603. The van der Waals surface area contributed by atoms with Gasteiger partial charge in [-0.1, -0.05) is 60.2 Å². The van der Waals surface area contributed by atoms with Crippen molar-refractivity contribution in [2.75, 3.05) is 13.1 Å². The van der Waals surface area contributed by atoms with E-state index in [0.29, 0.717) is 0 Å². The van der Waals surface area contributed by atoms with Gasteiger partial charge in [-0.15, -0.1) is 0 Å². The van der Waals surface area contributed by atoms with Crippen molar-refractivity contribution in [1.82, 2.24) is 10.2 Å². The zero-order valence-corrected chi connectivity index (χ0v) is 14.1. The lowest BCUT2D eigenvalue weighted by Crippen LogP contribution is -2.42. The first-order valence-electron chi connectivity index (χ1n) is 8.50. The zero-order chi connectivity index (χ0) is 16.9. The number of hydrogen-bond donors (Lipinski definition) is 2. The summed E-state index contributed by atoms with van der Waals surface area (Å²) in [5.74, 6) is -0.0922. The molecule has 0 radical (unpaired) electrons. The van der Waals surface area contributed by atoms with Crippen molar-refractivity contribution in [1.29, 1.82) is 0 Å². The fourth-order valence-corrected chi connectivity index (χ4v) is 3.15. The van der Waals surface area contributed by atoms with Crippen LogP contribution in [-0.2, 0) is 11.3 Å². The number of carbonyl (C=O) groups is 1. The van der Waals surface area contributed by atoms with Gasteiger partial charge in [-0.3, -0.25) is 9.69 Å². The molecule has 3 N–H and O–H groups in total. The highest BCUT2D eigenvalue weighted by Gasteiger charge is 2.26. The summed E-state index contributed by atoms with van der Waals surface area (Å²) >= 11 is 0. The molecule has 0 bridgehead atoms. The highest BCUT2D eigenvalue weighted by atomic mass is 16.2. The SMILES string of the molecule is Cc1ccc(C(N)C(=O)NC2CCN(Cc3ccccc3)C2)cc1. The summed E-state index contributed by atoms with van der Waals surface area (Å²) in [6, 6.07) is 17.8. The van der Waals surface area contributed by atoms with Crippen LogP contribution in [0.25, 0.3) is 0 Å². The lowest BCUT2D eigenvalue weighted by molar-refractivity contribution is -0.123. The smallest absolute Gasteiger partial charge is 0.241 e. The molecule has 1 aliphatic heterocycles. The molecule has 1 heterocycles. The van der Waals surface area contributed by atoms with Crippen LogP contribution in [0.5, 0.6) is 0 Å². The molecule has 0 saturated carbocycles. The van der Waals surface area contributed by atoms with E-state index in [1.165, 1.54) is 11.1 Å². The van der Waals surface area contributed by atoms with Crippen molar-refractivity contribution in [3.8, 4) is 0 Å². The number of nitrogens with zero attached hydrogens (tertiary/aromatic N) is 1. The van der Waals surface area contributed by atoms with Gasteiger partial charge >= 0.3 is 0 Å². The van der Waals surface area contributed by atoms with Crippen LogP contribution in [0, 0.1) is 6.92 Å². The van der Waals surface area contributed by atoms with Crippen LogP contribution >= 0.6 is 0 Å². The Balaban J connectivity index is 1.51. The molecule has 3 rings (SSSR count). The first-order valence-corrected chi connectivity index (χ1v) is 8.50. The molecule has 0 aliphatic carbocycles. The van der Waals surface area contributed by atoms with E-state index in [2.05, 4.69) is 34.5 Å². The molecule has 24 heavy (non-hydrogen) atoms. The fraction of sp³-hybridized carbons (Fsp3) is 0.350. The number of nitrogens with two attached hydrogens (primary N) is 1. The van der Waals surface area contributed by atoms with E-state index in [-0.39, 0.29) is 11.9 Å². The lowest BCUT2D eigenvalue weighted by atomic mass is 10.0. The Morgan fingerprint density at radius 1 is 1.21 bits per heavy atom. The zero-order valence-electron chi connectivity index (χ0n) is 14.1.